The molecule has 0 fully saturated rings. The first-order valence-corrected chi connectivity index (χ1v) is 6.00. The van der Waals surface area contributed by atoms with Gasteiger partial charge in [-0.05, 0) is 30.5 Å². The largest absolute Gasteiger partial charge is 0.423 e. The number of nitrogens with two attached hydrogens (primary N) is 1. The van der Waals surface area contributed by atoms with Crippen molar-refractivity contribution in [3.05, 3.63) is 34.2 Å². The van der Waals surface area contributed by atoms with Crippen LogP contribution in [-0.4, -0.2) is 4.98 Å². The zero-order valence-electron chi connectivity index (χ0n) is 10.4. The summed E-state index contributed by atoms with van der Waals surface area (Å²) in [6, 6.07) is 2.98. The molecule has 2 rings (SSSR count). The smallest absolute Gasteiger partial charge is 0.292 e. The predicted molar refractivity (Wildman–Crippen MR) is 70.1 cm³/mol. The molecule has 1 aromatic heterocycles. The first-order chi connectivity index (χ1) is 8.40. The highest BCUT2D eigenvalue weighted by Crippen LogP contribution is 2.36. The van der Waals surface area contributed by atoms with Gasteiger partial charge in [-0.3, -0.25) is 0 Å². The summed E-state index contributed by atoms with van der Waals surface area (Å²) in [6.45, 7) is 5.57. The number of aromatic nitrogens is 1. The van der Waals surface area contributed by atoms with Gasteiger partial charge in [0.25, 0.3) is 6.01 Å². The Morgan fingerprint density at radius 3 is 2.67 bits per heavy atom. The molecule has 0 aliphatic heterocycles. The molecule has 1 aromatic carbocycles. The number of hydrogen-bond acceptors (Lipinski definition) is 3. The highest BCUT2D eigenvalue weighted by atomic mass is 35.5. The van der Waals surface area contributed by atoms with Crippen molar-refractivity contribution in [2.45, 2.75) is 26.7 Å². The number of rotatable bonds is 2. The van der Waals surface area contributed by atoms with E-state index in [1.54, 1.807) is 13.0 Å². The van der Waals surface area contributed by atoms with Gasteiger partial charge in [-0.2, -0.15) is 4.98 Å². The molecule has 18 heavy (non-hydrogen) atoms. The molecule has 0 spiro atoms. The van der Waals surface area contributed by atoms with Gasteiger partial charge in [-0.15, -0.1) is 0 Å². The minimum Gasteiger partial charge on any atom is -0.423 e. The molecule has 0 unspecified atom stereocenters. The fraction of sp³-hybridized carbons (Fsp3) is 0.308. The highest BCUT2D eigenvalue weighted by Gasteiger charge is 2.20. The molecule has 96 valence electrons. The van der Waals surface area contributed by atoms with Crippen molar-refractivity contribution in [1.82, 2.24) is 4.98 Å². The zero-order chi connectivity index (χ0) is 13.4. The van der Waals surface area contributed by atoms with Gasteiger partial charge < -0.3 is 10.2 Å². The Bertz CT molecular complexity index is 593. The van der Waals surface area contributed by atoms with Crippen LogP contribution in [0.1, 0.15) is 31.0 Å². The van der Waals surface area contributed by atoms with E-state index in [1.807, 2.05) is 13.8 Å². The van der Waals surface area contributed by atoms with E-state index in [1.165, 1.54) is 6.07 Å². The van der Waals surface area contributed by atoms with Crippen molar-refractivity contribution >= 4 is 17.6 Å². The van der Waals surface area contributed by atoms with E-state index < -0.39 is 0 Å². The summed E-state index contributed by atoms with van der Waals surface area (Å²) in [4.78, 5) is 4.11. The van der Waals surface area contributed by atoms with Crippen LogP contribution in [0.15, 0.2) is 16.5 Å². The average molecular weight is 269 g/mol. The Balaban J connectivity index is 2.65. The summed E-state index contributed by atoms with van der Waals surface area (Å²) in [5.41, 5.74) is 7.20. The van der Waals surface area contributed by atoms with Crippen molar-refractivity contribution in [3.63, 3.8) is 0 Å². The van der Waals surface area contributed by atoms with Crippen LogP contribution in [0, 0.1) is 12.7 Å². The van der Waals surface area contributed by atoms with E-state index >= 15 is 0 Å². The lowest BCUT2D eigenvalue weighted by Crippen LogP contribution is -1.93. The molecule has 0 bridgehead atoms. The van der Waals surface area contributed by atoms with Crippen LogP contribution in [0.4, 0.5) is 10.4 Å². The van der Waals surface area contributed by atoms with Crippen molar-refractivity contribution in [1.29, 1.82) is 0 Å². The maximum atomic E-state index is 13.6. The Labute approximate surface area is 110 Å². The molecule has 2 N–H and O–H groups in total. The van der Waals surface area contributed by atoms with E-state index in [4.69, 9.17) is 21.8 Å². The molecule has 0 saturated carbocycles. The Morgan fingerprint density at radius 2 is 2.06 bits per heavy atom. The van der Waals surface area contributed by atoms with Crippen molar-refractivity contribution < 1.29 is 8.81 Å². The average Bonchev–Trinajstić information content (AvgIpc) is 2.65. The van der Waals surface area contributed by atoms with Crippen molar-refractivity contribution in [3.8, 4) is 11.3 Å². The summed E-state index contributed by atoms with van der Waals surface area (Å²) in [5.74, 6) is 0.215. The first-order valence-electron chi connectivity index (χ1n) is 5.62. The Morgan fingerprint density at radius 1 is 1.39 bits per heavy atom. The molecule has 0 saturated heterocycles. The number of halogens is 2. The normalized spacial score (nSPS) is 11.2. The van der Waals surface area contributed by atoms with E-state index in [9.17, 15) is 4.39 Å². The standard InChI is InChI=1S/C13H14ClFN2O/c1-6(2)11-12(18-13(16)17-11)8-5-10(15)7(3)4-9(8)14/h4-6H,1-3H3,(H2,16,17). The number of benzene rings is 1. The van der Waals surface area contributed by atoms with Gasteiger partial charge >= 0.3 is 0 Å². The van der Waals surface area contributed by atoms with Crippen molar-refractivity contribution in [2.24, 2.45) is 0 Å². The third-order valence-corrected chi connectivity index (χ3v) is 3.02. The molecular weight excluding hydrogens is 255 g/mol. The molecule has 3 nitrogen and oxygen atoms in total. The Hall–Kier alpha value is -1.55. The van der Waals surface area contributed by atoms with Gasteiger partial charge in [-0.1, -0.05) is 25.4 Å². The van der Waals surface area contributed by atoms with Gasteiger partial charge in [0.2, 0.25) is 0 Å². The predicted octanol–water partition coefficient (Wildman–Crippen LogP) is 4.15. The first kappa shape index (κ1) is 12.9. The quantitative estimate of drug-likeness (QED) is 0.890. The number of anilines is 1. The maximum Gasteiger partial charge on any atom is 0.292 e. The summed E-state index contributed by atoms with van der Waals surface area (Å²) in [7, 11) is 0. The topological polar surface area (TPSA) is 52.0 Å². The lowest BCUT2D eigenvalue weighted by molar-refractivity contribution is 0.588. The Kier molecular flexibility index (Phi) is 3.30. The van der Waals surface area contributed by atoms with Crippen LogP contribution in [0.2, 0.25) is 5.02 Å². The second-order valence-electron chi connectivity index (χ2n) is 4.50. The van der Waals surface area contributed by atoms with Crippen LogP contribution in [-0.2, 0) is 0 Å². The zero-order valence-corrected chi connectivity index (χ0v) is 11.2. The monoisotopic (exact) mass is 268 g/mol. The van der Waals surface area contributed by atoms with Crippen molar-refractivity contribution in [2.75, 3.05) is 5.73 Å². The molecule has 0 aliphatic rings. The van der Waals surface area contributed by atoms with Gasteiger partial charge in [0.1, 0.15) is 5.82 Å². The third-order valence-electron chi connectivity index (χ3n) is 2.71. The molecule has 2 aromatic rings. The summed E-state index contributed by atoms with van der Waals surface area (Å²) < 4.78 is 19.0. The van der Waals surface area contributed by atoms with Crippen LogP contribution >= 0.6 is 11.6 Å². The molecule has 1 heterocycles. The van der Waals surface area contributed by atoms with Gasteiger partial charge in [0, 0.05) is 5.56 Å². The molecule has 0 aliphatic carbocycles. The number of aryl methyl sites for hydroxylation is 1. The molecule has 5 heteroatoms. The number of nitrogen functional groups attached to an aromatic ring is 1. The highest BCUT2D eigenvalue weighted by molar-refractivity contribution is 6.33. The van der Waals surface area contributed by atoms with Gasteiger partial charge in [0.05, 0.1) is 10.7 Å². The SMILES string of the molecule is Cc1cc(Cl)c(-c2oc(N)nc2C(C)C)cc1F. The minimum atomic E-state index is -0.334. The fourth-order valence-corrected chi connectivity index (χ4v) is 2.06. The maximum absolute atomic E-state index is 13.6. The third kappa shape index (κ3) is 2.20. The van der Waals surface area contributed by atoms with Gasteiger partial charge in [-0.25, -0.2) is 4.39 Å². The number of nitrogens with zero attached hydrogens (tertiary/aromatic N) is 1. The van der Waals surface area contributed by atoms with Crippen LogP contribution in [0.25, 0.3) is 11.3 Å². The molecule has 0 radical (unpaired) electrons. The van der Waals surface area contributed by atoms with Crippen LogP contribution in [0.3, 0.4) is 0 Å². The lowest BCUT2D eigenvalue weighted by Gasteiger charge is -2.07. The van der Waals surface area contributed by atoms with E-state index in [2.05, 4.69) is 4.98 Å². The lowest BCUT2D eigenvalue weighted by atomic mass is 10.0. The minimum absolute atomic E-state index is 0.0609. The summed E-state index contributed by atoms with van der Waals surface area (Å²) >= 11 is 6.13. The van der Waals surface area contributed by atoms with Crippen LogP contribution in [0.5, 0.6) is 0 Å². The van der Waals surface area contributed by atoms with E-state index in [-0.39, 0.29) is 17.7 Å². The summed E-state index contributed by atoms with van der Waals surface area (Å²) in [6.07, 6.45) is 0. The van der Waals surface area contributed by atoms with E-state index in [0.29, 0.717) is 27.6 Å². The molecule has 0 amide bonds. The van der Waals surface area contributed by atoms with Gasteiger partial charge in [0.15, 0.2) is 5.76 Å². The second kappa shape index (κ2) is 4.61. The number of oxazole rings is 1. The van der Waals surface area contributed by atoms with E-state index in [0.717, 1.165) is 0 Å². The molecule has 0 atom stereocenters. The fourth-order valence-electron chi connectivity index (χ4n) is 1.75. The molecular formula is C13H14ClFN2O. The number of hydrogen-bond donors (Lipinski definition) is 1. The second-order valence-corrected chi connectivity index (χ2v) is 4.91. The summed E-state index contributed by atoms with van der Waals surface area (Å²) in [5, 5.41) is 0.423. The van der Waals surface area contributed by atoms with Crippen LogP contribution < -0.4 is 5.73 Å².